The average molecular weight is 413 g/mol. The lowest BCUT2D eigenvalue weighted by atomic mass is 10.1. The summed E-state index contributed by atoms with van der Waals surface area (Å²) < 4.78 is 49.5. The number of rotatable bonds is 4. The van der Waals surface area contributed by atoms with Crippen molar-refractivity contribution in [2.75, 3.05) is 18.5 Å². The van der Waals surface area contributed by atoms with E-state index in [1.807, 2.05) is 0 Å². The standard InChI is InChI=1S/C19H16ClF3N2O3/c20-14-6-15-18(13-5-16(26)25-17(13)14)28-12(9-27-15)8-24-7-10-1-3-11(4-2-10)19(21,22)23/h1-4,6,12,24H,5,7-9H2,(H,25,26). The van der Waals surface area contributed by atoms with Gasteiger partial charge >= 0.3 is 6.18 Å². The second kappa shape index (κ2) is 7.18. The third-order valence-corrected chi connectivity index (χ3v) is 4.89. The minimum atomic E-state index is -4.34. The van der Waals surface area contributed by atoms with Crippen molar-refractivity contribution in [2.24, 2.45) is 0 Å². The highest BCUT2D eigenvalue weighted by Crippen LogP contribution is 2.46. The predicted octanol–water partition coefficient (Wildman–Crippen LogP) is 3.78. The van der Waals surface area contributed by atoms with Crippen molar-refractivity contribution in [1.29, 1.82) is 0 Å². The molecule has 2 N–H and O–H groups in total. The Morgan fingerprint density at radius 3 is 2.71 bits per heavy atom. The smallest absolute Gasteiger partial charge is 0.416 e. The van der Waals surface area contributed by atoms with E-state index in [0.717, 1.165) is 17.7 Å². The van der Waals surface area contributed by atoms with Crippen molar-refractivity contribution in [3.8, 4) is 11.5 Å². The molecule has 2 aliphatic rings. The van der Waals surface area contributed by atoms with E-state index in [2.05, 4.69) is 10.6 Å². The third-order valence-electron chi connectivity index (χ3n) is 4.59. The minimum Gasteiger partial charge on any atom is -0.486 e. The first kappa shape index (κ1) is 18.9. The Balaban J connectivity index is 1.37. The van der Waals surface area contributed by atoms with E-state index in [1.165, 1.54) is 12.1 Å². The van der Waals surface area contributed by atoms with Gasteiger partial charge in [-0.15, -0.1) is 0 Å². The second-order valence-electron chi connectivity index (χ2n) is 6.64. The molecule has 148 valence electrons. The number of carbonyl (C=O) groups excluding carboxylic acids is 1. The monoisotopic (exact) mass is 412 g/mol. The van der Waals surface area contributed by atoms with Gasteiger partial charge < -0.3 is 20.1 Å². The summed E-state index contributed by atoms with van der Waals surface area (Å²) in [5, 5.41) is 6.27. The van der Waals surface area contributed by atoms with Gasteiger partial charge in [0.25, 0.3) is 0 Å². The van der Waals surface area contributed by atoms with Crippen LogP contribution in [0.25, 0.3) is 0 Å². The Morgan fingerprint density at radius 1 is 1.25 bits per heavy atom. The molecule has 0 aliphatic carbocycles. The zero-order chi connectivity index (χ0) is 19.9. The first-order chi connectivity index (χ1) is 13.3. The predicted molar refractivity (Wildman–Crippen MR) is 96.8 cm³/mol. The molecule has 5 nitrogen and oxygen atoms in total. The fourth-order valence-corrected chi connectivity index (χ4v) is 3.48. The molecule has 0 radical (unpaired) electrons. The SMILES string of the molecule is O=C1Cc2c(c(Cl)cc3c2OC(CNCc2ccc(C(F)(F)F)cc2)CO3)N1. The molecule has 28 heavy (non-hydrogen) atoms. The number of amides is 1. The van der Waals surface area contributed by atoms with Gasteiger partial charge in [-0.1, -0.05) is 23.7 Å². The summed E-state index contributed by atoms with van der Waals surface area (Å²) in [4.78, 5) is 11.7. The van der Waals surface area contributed by atoms with Crippen LogP contribution in [0.15, 0.2) is 30.3 Å². The van der Waals surface area contributed by atoms with Crippen molar-refractivity contribution in [3.63, 3.8) is 0 Å². The molecule has 1 unspecified atom stereocenters. The first-order valence-electron chi connectivity index (χ1n) is 8.63. The van der Waals surface area contributed by atoms with Crippen molar-refractivity contribution in [1.82, 2.24) is 5.32 Å². The topological polar surface area (TPSA) is 59.6 Å². The number of anilines is 1. The molecule has 0 fully saturated rings. The summed E-state index contributed by atoms with van der Waals surface area (Å²) in [5.74, 6) is 0.848. The van der Waals surface area contributed by atoms with Crippen molar-refractivity contribution in [2.45, 2.75) is 25.2 Å². The molecule has 2 aromatic rings. The van der Waals surface area contributed by atoms with Crippen LogP contribution in [0.2, 0.25) is 5.02 Å². The van der Waals surface area contributed by atoms with E-state index in [4.69, 9.17) is 21.1 Å². The van der Waals surface area contributed by atoms with Crippen LogP contribution in [-0.4, -0.2) is 25.2 Å². The molecule has 0 saturated heterocycles. The van der Waals surface area contributed by atoms with Crippen molar-refractivity contribution < 1.29 is 27.4 Å². The van der Waals surface area contributed by atoms with Crippen LogP contribution in [0.5, 0.6) is 11.5 Å². The molecular weight excluding hydrogens is 397 g/mol. The number of alkyl halides is 3. The average Bonchev–Trinajstić information content (AvgIpc) is 3.04. The van der Waals surface area contributed by atoms with Crippen LogP contribution < -0.4 is 20.1 Å². The van der Waals surface area contributed by atoms with Gasteiger partial charge in [-0.2, -0.15) is 13.2 Å². The molecule has 0 spiro atoms. The van der Waals surface area contributed by atoms with Crippen molar-refractivity contribution >= 4 is 23.2 Å². The van der Waals surface area contributed by atoms with E-state index in [9.17, 15) is 18.0 Å². The molecule has 0 bridgehead atoms. The minimum absolute atomic E-state index is 0.156. The van der Waals surface area contributed by atoms with Gasteiger partial charge in [-0.3, -0.25) is 4.79 Å². The van der Waals surface area contributed by atoms with Crippen LogP contribution >= 0.6 is 11.6 Å². The highest BCUT2D eigenvalue weighted by molar-refractivity contribution is 6.34. The van der Waals surface area contributed by atoms with E-state index in [0.29, 0.717) is 47.5 Å². The summed E-state index contributed by atoms with van der Waals surface area (Å²) in [6.45, 7) is 1.12. The molecule has 1 atom stereocenters. The van der Waals surface area contributed by atoms with Crippen LogP contribution in [0.3, 0.4) is 0 Å². The lowest BCUT2D eigenvalue weighted by Gasteiger charge is -2.28. The lowest BCUT2D eigenvalue weighted by Crippen LogP contribution is -2.38. The number of ether oxygens (including phenoxy) is 2. The van der Waals surface area contributed by atoms with Gasteiger partial charge in [0.05, 0.1) is 22.7 Å². The van der Waals surface area contributed by atoms with E-state index in [1.54, 1.807) is 6.07 Å². The normalized spacial score (nSPS) is 18.0. The Morgan fingerprint density at radius 2 is 2.00 bits per heavy atom. The number of hydrogen-bond acceptors (Lipinski definition) is 4. The Kier molecular flexibility index (Phi) is 4.84. The first-order valence-corrected chi connectivity index (χ1v) is 9.00. The van der Waals surface area contributed by atoms with Gasteiger partial charge in [0, 0.05) is 24.7 Å². The maximum atomic E-state index is 12.6. The zero-order valence-corrected chi connectivity index (χ0v) is 15.3. The molecule has 0 saturated carbocycles. The van der Waals surface area contributed by atoms with Gasteiger partial charge in [-0.25, -0.2) is 0 Å². The van der Waals surface area contributed by atoms with E-state index < -0.39 is 11.7 Å². The molecule has 9 heteroatoms. The Labute approximate surface area is 163 Å². The fourth-order valence-electron chi connectivity index (χ4n) is 3.22. The van der Waals surface area contributed by atoms with E-state index in [-0.39, 0.29) is 18.4 Å². The zero-order valence-electron chi connectivity index (χ0n) is 14.5. The molecule has 0 aromatic heterocycles. The molecule has 4 rings (SSSR count). The molecule has 1 amide bonds. The summed E-state index contributed by atoms with van der Waals surface area (Å²) in [7, 11) is 0. The molecule has 2 aliphatic heterocycles. The Bertz CT molecular complexity index is 916. The van der Waals surface area contributed by atoms with Crippen LogP contribution in [-0.2, 0) is 23.9 Å². The van der Waals surface area contributed by atoms with Crippen LogP contribution in [0, 0.1) is 0 Å². The highest BCUT2D eigenvalue weighted by atomic mass is 35.5. The largest absolute Gasteiger partial charge is 0.486 e. The molecule has 2 aromatic carbocycles. The summed E-state index contributed by atoms with van der Waals surface area (Å²) in [5.41, 5.74) is 1.28. The van der Waals surface area contributed by atoms with Crippen molar-refractivity contribution in [3.05, 3.63) is 52.0 Å². The summed E-state index contributed by atoms with van der Waals surface area (Å²) >= 11 is 6.17. The van der Waals surface area contributed by atoms with Gasteiger partial charge in [0.1, 0.15) is 12.7 Å². The van der Waals surface area contributed by atoms with Gasteiger partial charge in [-0.05, 0) is 17.7 Å². The highest BCUT2D eigenvalue weighted by Gasteiger charge is 2.32. The van der Waals surface area contributed by atoms with Gasteiger partial charge in [0.2, 0.25) is 5.91 Å². The number of halogens is 4. The fraction of sp³-hybridized carbons (Fsp3) is 0.316. The Hall–Kier alpha value is -2.45. The van der Waals surface area contributed by atoms with E-state index >= 15 is 0 Å². The number of hydrogen-bond donors (Lipinski definition) is 2. The number of nitrogens with one attached hydrogen (secondary N) is 2. The number of benzene rings is 2. The molecule has 2 heterocycles. The quantitative estimate of drug-likeness (QED) is 0.802. The molecular formula is C19H16ClF3N2O3. The maximum absolute atomic E-state index is 12.6. The van der Waals surface area contributed by atoms with Gasteiger partial charge in [0.15, 0.2) is 11.5 Å². The second-order valence-corrected chi connectivity index (χ2v) is 7.05. The third kappa shape index (κ3) is 3.74. The summed E-state index contributed by atoms with van der Waals surface area (Å²) in [6, 6.07) is 6.62. The maximum Gasteiger partial charge on any atom is 0.416 e. The number of carbonyl (C=O) groups is 1. The lowest BCUT2D eigenvalue weighted by molar-refractivity contribution is -0.137. The number of fused-ring (bicyclic) bond motifs is 3. The summed E-state index contributed by atoms with van der Waals surface area (Å²) in [6.07, 6.45) is -4.47. The van der Waals surface area contributed by atoms with Crippen LogP contribution in [0.4, 0.5) is 18.9 Å². The van der Waals surface area contributed by atoms with Crippen LogP contribution in [0.1, 0.15) is 16.7 Å².